The Bertz CT molecular complexity index is 910. The molecular weight excluding hydrogens is 359 g/mol. The number of nitrogens with two attached hydrogens (primary N) is 1. The zero-order valence-corrected chi connectivity index (χ0v) is 14.8. The Morgan fingerprint density at radius 2 is 2.09 bits per heavy atom. The van der Waals surface area contributed by atoms with Crippen molar-refractivity contribution in [3.63, 3.8) is 0 Å². The van der Waals surface area contributed by atoms with Gasteiger partial charge in [0.2, 0.25) is 11.8 Å². The summed E-state index contributed by atoms with van der Waals surface area (Å²) in [4.78, 5) is 8.75. The minimum Gasteiger partial charge on any atom is -0.461 e. The summed E-state index contributed by atoms with van der Waals surface area (Å²) in [6.07, 6.45) is 3.25. The molecule has 0 aliphatic carbocycles. The van der Waals surface area contributed by atoms with E-state index in [1.54, 1.807) is 29.3 Å². The van der Waals surface area contributed by atoms with Gasteiger partial charge >= 0.3 is 0 Å². The van der Waals surface area contributed by atoms with Gasteiger partial charge in [0.15, 0.2) is 17.1 Å². The van der Waals surface area contributed by atoms with Crippen LogP contribution in [0.25, 0.3) is 28.3 Å². The second-order valence-electron chi connectivity index (χ2n) is 4.22. The minimum absolute atomic E-state index is 0. The first kappa shape index (κ1) is 16.6. The fourth-order valence-electron chi connectivity index (χ4n) is 2.13. The van der Waals surface area contributed by atoms with E-state index >= 15 is 0 Å². The molecule has 8 nitrogen and oxygen atoms in total. The van der Waals surface area contributed by atoms with Gasteiger partial charge in [0.25, 0.3) is 0 Å². The SMILES string of the molecule is [CH2-]Cn1ncc2c1nc(N)n1nc(-c3ccco3)nc21.[CH3-].[Y]. The Kier molecular flexibility index (Phi) is 4.62. The molecule has 4 rings (SSSR count). The standard InChI is InChI=1S/C12H10N7O.CH3.Y/c1-2-18-10-7(6-14-18)11-15-9(8-4-3-5-20-8)17-19(11)12(13)16-10;;/h3-6H,1-2H2,(H2,13,16);1H3;/q2*-1;. The molecule has 22 heavy (non-hydrogen) atoms. The quantitative estimate of drug-likeness (QED) is 0.537. The predicted molar refractivity (Wildman–Crippen MR) is 78.0 cm³/mol. The maximum Gasteiger partial charge on any atom is 0.225 e. The van der Waals surface area contributed by atoms with E-state index in [9.17, 15) is 0 Å². The number of nitrogens with zero attached hydrogens (tertiary/aromatic N) is 6. The Morgan fingerprint density at radius 1 is 1.27 bits per heavy atom. The van der Waals surface area contributed by atoms with Gasteiger partial charge in [-0.15, -0.1) is 5.10 Å². The van der Waals surface area contributed by atoms with E-state index in [1.165, 1.54) is 4.52 Å². The van der Waals surface area contributed by atoms with Crippen LogP contribution in [-0.4, -0.2) is 29.4 Å². The van der Waals surface area contributed by atoms with Crippen molar-refractivity contribution in [2.24, 2.45) is 0 Å². The van der Waals surface area contributed by atoms with E-state index in [-0.39, 0.29) is 46.1 Å². The third-order valence-corrected chi connectivity index (χ3v) is 3.05. The van der Waals surface area contributed by atoms with Crippen LogP contribution in [0.1, 0.15) is 0 Å². The number of hydrogen-bond donors (Lipinski definition) is 1. The zero-order valence-electron chi connectivity index (χ0n) is 12.0. The van der Waals surface area contributed by atoms with Crippen LogP contribution in [0.5, 0.6) is 0 Å². The Balaban J connectivity index is 0.000000882. The van der Waals surface area contributed by atoms with Crippen molar-refractivity contribution in [2.75, 3.05) is 5.73 Å². The van der Waals surface area contributed by atoms with Gasteiger partial charge in [-0.2, -0.15) is 14.6 Å². The monoisotopic (exact) mass is 372 g/mol. The predicted octanol–water partition coefficient (Wildman–Crippen LogP) is 1.60. The molecule has 2 N–H and O–H groups in total. The summed E-state index contributed by atoms with van der Waals surface area (Å²) in [7, 11) is 0. The maximum absolute atomic E-state index is 5.93. The molecule has 0 aliphatic heterocycles. The number of rotatable bonds is 2. The number of fused-ring (bicyclic) bond motifs is 3. The van der Waals surface area contributed by atoms with Crippen molar-refractivity contribution in [1.29, 1.82) is 0 Å². The van der Waals surface area contributed by atoms with Gasteiger partial charge in [-0.1, -0.05) is 6.54 Å². The van der Waals surface area contributed by atoms with Crippen LogP contribution in [0.3, 0.4) is 0 Å². The second-order valence-corrected chi connectivity index (χ2v) is 4.22. The van der Waals surface area contributed by atoms with Crippen LogP contribution in [-0.2, 0) is 39.3 Å². The smallest absolute Gasteiger partial charge is 0.225 e. The van der Waals surface area contributed by atoms with Crippen molar-refractivity contribution in [1.82, 2.24) is 29.4 Å². The van der Waals surface area contributed by atoms with E-state index in [4.69, 9.17) is 10.2 Å². The number of hydrogen-bond acceptors (Lipinski definition) is 6. The van der Waals surface area contributed by atoms with E-state index < -0.39 is 0 Å². The third-order valence-electron chi connectivity index (χ3n) is 3.05. The summed E-state index contributed by atoms with van der Waals surface area (Å²) in [5, 5.41) is 9.29. The molecular formula is C13H13N7OY-2. The van der Waals surface area contributed by atoms with Crippen molar-refractivity contribution in [3.8, 4) is 11.6 Å². The molecule has 0 amide bonds. The van der Waals surface area contributed by atoms with Crippen LogP contribution in [0, 0.1) is 14.4 Å². The molecule has 0 aromatic carbocycles. The summed E-state index contributed by atoms with van der Waals surface area (Å²) < 4.78 is 8.44. The van der Waals surface area contributed by atoms with E-state index in [0.29, 0.717) is 29.4 Å². The van der Waals surface area contributed by atoms with Gasteiger partial charge in [-0.3, -0.25) is 4.68 Å². The molecule has 0 saturated carbocycles. The first-order valence-corrected chi connectivity index (χ1v) is 5.99. The van der Waals surface area contributed by atoms with Gasteiger partial charge in [-0.05, 0) is 12.1 Å². The molecule has 4 heterocycles. The van der Waals surface area contributed by atoms with Crippen molar-refractivity contribution >= 4 is 22.6 Å². The Labute approximate surface area is 151 Å². The van der Waals surface area contributed by atoms with E-state index in [0.717, 1.165) is 5.39 Å². The zero-order chi connectivity index (χ0) is 13.7. The van der Waals surface area contributed by atoms with Gasteiger partial charge in [0, 0.05) is 32.7 Å². The van der Waals surface area contributed by atoms with E-state index in [1.807, 2.05) is 0 Å². The maximum atomic E-state index is 5.93. The van der Waals surface area contributed by atoms with Crippen LogP contribution in [0.2, 0.25) is 0 Å². The first-order chi connectivity index (χ1) is 9.78. The second kappa shape index (κ2) is 6.14. The van der Waals surface area contributed by atoms with Crippen LogP contribution in [0.15, 0.2) is 29.0 Å². The van der Waals surface area contributed by atoms with Gasteiger partial charge in [0.1, 0.15) is 0 Å². The number of furan rings is 1. The molecule has 0 atom stereocenters. The molecule has 0 unspecified atom stereocenters. The topological polar surface area (TPSA) is 100 Å². The number of anilines is 1. The van der Waals surface area contributed by atoms with E-state index in [2.05, 4.69) is 27.1 Å². The summed E-state index contributed by atoms with van der Waals surface area (Å²) >= 11 is 0. The molecule has 0 aliphatic rings. The van der Waals surface area contributed by atoms with Crippen LogP contribution >= 0.6 is 0 Å². The molecule has 0 spiro atoms. The number of aromatic nitrogens is 6. The Morgan fingerprint density at radius 3 is 2.77 bits per heavy atom. The van der Waals surface area contributed by atoms with Gasteiger partial charge in [0.05, 0.1) is 17.8 Å². The molecule has 9 heteroatoms. The summed E-state index contributed by atoms with van der Waals surface area (Å²) in [5.41, 5.74) is 7.17. The Hall–Kier alpha value is -1.80. The first-order valence-electron chi connectivity index (χ1n) is 5.99. The normalized spacial score (nSPS) is 10.6. The molecule has 4 aromatic heterocycles. The fourth-order valence-corrected chi connectivity index (χ4v) is 2.13. The summed E-state index contributed by atoms with van der Waals surface area (Å²) in [6.45, 7) is 4.26. The summed E-state index contributed by atoms with van der Waals surface area (Å²) in [5.74, 6) is 1.28. The van der Waals surface area contributed by atoms with Crippen LogP contribution < -0.4 is 5.73 Å². The number of nitrogen functional groups attached to an aromatic ring is 1. The van der Waals surface area contributed by atoms with Crippen molar-refractivity contribution in [2.45, 2.75) is 6.54 Å². The average molecular weight is 372 g/mol. The molecule has 4 aromatic rings. The molecule has 111 valence electrons. The van der Waals surface area contributed by atoms with Crippen LogP contribution in [0.4, 0.5) is 5.95 Å². The molecule has 0 fully saturated rings. The van der Waals surface area contributed by atoms with Gasteiger partial charge in [-0.25, -0.2) is 4.98 Å². The molecule has 1 radical (unpaired) electrons. The molecule has 0 bridgehead atoms. The minimum atomic E-state index is 0. The fraction of sp³-hybridized carbons (Fsp3) is 0.0769. The van der Waals surface area contributed by atoms with Crippen molar-refractivity contribution in [3.05, 3.63) is 38.9 Å². The average Bonchev–Trinajstić information content (AvgIpc) is 3.16. The summed E-state index contributed by atoms with van der Waals surface area (Å²) in [6, 6.07) is 3.56. The van der Waals surface area contributed by atoms with Gasteiger partial charge < -0.3 is 24.5 Å². The third kappa shape index (κ3) is 2.32. The molecule has 0 saturated heterocycles. The van der Waals surface area contributed by atoms with Crippen molar-refractivity contribution < 1.29 is 37.1 Å². The largest absolute Gasteiger partial charge is 0.461 e.